The van der Waals surface area contributed by atoms with E-state index in [1.54, 1.807) is 18.2 Å². The van der Waals surface area contributed by atoms with E-state index in [1.165, 1.54) is 25.3 Å². The number of aromatic hydroxyl groups is 1. The molecule has 0 aliphatic carbocycles. The number of phenols is 1. The van der Waals surface area contributed by atoms with E-state index in [4.69, 9.17) is 11.6 Å². The van der Waals surface area contributed by atoms with Crippen LogP contribution in [0, 0.1) is 11.3 Å². The smallest absolute Gasteiger partial charge is 0.271 e. The van der Waals surface area contributed by atoms with Crippen LogP contribution in [0.4, 0.5) is 0 Å². The SMILES string of the molecule is CC(C#N)(CNC(=O)Cc1cc(O)c(C(C)(C)C)cc1Cl)NC(=O)c1ccccn1. The Labute approximate surface area is 181 Å². The third kappa shape index (κ3) is 5.94. The Kier molecular flexibility index (Phi) is 7.06. The summed E-state index contributed by atoms with van der Waals surface area (Å²) in [6, 6.07) is 10.0. The summed E-state index contributed by atoms with van der Waals surface area (Å²) in [5.41, 5.74) is -0.297. The number of hydrogen-bond acceptors (Lipinski definition) is 5. The number of carbonyl (C=O) groups excluding carboxylic acids is 2. The van der Waals surface area contributed by atoms with Gasteiger partial charge in [-0.2, -0.15) is 5.26 Å². The van der Waals surface area contributed by atoms with Crippen LogP contribution in [-0.2, 0) is 16.6 Å². The molecule has 0 radical (unpaired) electrons. The minimum absolute atomic E-state index is 0.0687. The summed E-state index contributed by atoms with van der Waals surface area (Å²) in [7, 11) is 0. The zero-order valence-electron chi connectivity index (χ0n) is 17.4. The third-order valence-electron chi connectivity index (χ3n) is 4.50. The van der Waals surface area contributed by atoms with Gasteiger partial charge in [0, 0.05) is 16.8 Å². The molecule has 0 aliphatic heterocycles. The van der Waals surface area contributed by atoms with Crippen molar-refractivity contribution in [2.45, 2.75) is 45.1 Å². The number of hydrogen-bond donors (Lipinski definition) is 3. The Morgan fingerprint density at radius 2 is 1.93 bits per heavy atom. The first-order valence-corrected chi connectivity index (χ1v) is 9.76. The zero-order chi connectivity index (χ0) is 22.5. The monoisotopic (exact) mass is 428 g/mol. The van der Waals surface area contributed by atoms with Crippen molar-refractivity contribution in [3.8, 4) is 11.8 Å². The van der Waals surface area contributed by atoms with Crippen molar-refractivity contribution in [1.82, 2.24) is 15.6 Å². The summed E-state index contributed by atoms with van der Waals surface area (Å²) in [6.07, 6.45) is 1.40. The lowest BCUT2D eigenvalue weighted by molar-refractivity contribution is -0.120. The molecule has 2 aromatic rings. The van der Waals surface area contributed by atoms with Crippen LogP contribution in [0.25, 0.3) is 0 Å². The van der Waals surface area contributed by atoms with Gasteiger partial charge in [0.25, 0.3) is 5.91 Å². The Balaban J connectivity index is 2.03. The second kappa shape index (κ2) is 9.14. The fraction of sp³-hybridized carbons (Fsp3) is 0.364. The van der Waals surface area contributed by atoms with Gasteiger partial charge in [0.2, 0.25) is 5.91 Å². The zero-order valence-corrected chi connectivity index (χ0v) is 18.2. The normalized spacial score (nSPS) is 13.1. The average molecular weight is 429 g/mol. The van der Waals surface area contributed by atoms with Crippen molar-refractivity contribution < 1.29 is 14.7 Å². The van der Waals surface area contributed by atoms with Crippen molar-refractivity contribution >= 4 is 23.4 Å². The van der Waals surface area contributed by atoms with Crippen molar-refractivity contribution in [2.24, 2.45) is 0 Å². The van der Waals surface area contributed by atoms with Crippen LogP contribution in [0.15, 0.2) is 36.5 Å². The second-order valence-electron chi connectivity index (χ2n) is 8.28. The molecule has 1 heterocycles. The Morgan fingerprint density at radius 1 is 1.23 bits per heavy atom. The third-order valence-corrected chi connectivity index (χ3v) is 4.85. The number of halogens is 1. The Bertz CT molecular complexity index is 980. The molecule has 0 saturated heterocycles. The van der Waals surface area contributed by atoms with Gasteiger partial charge in [-0.05, 0) is 42.2 Å². The predicted molar refractivity (Wildman–Crippen MR) is 114 cm³/mol. The van der Waals surface area contributed by atoms with Crippen LogP contribution >= 0.6 is 11.6 Å². The maximum atomic E-state index is 12.4. The number of rotatable bonds is 6. The fourth-order valence-corrected chi connectivity index (χ4v) is 3.01. The number of pyridine rings is 1. The van der Waals surface area contributed by atoms with Gasteiger partial charge < -0.3 is 15.7 Å². The van der Waals surface area contributed by atoms with Gasteiger partial charge in [-0.3, -0.25) is 14.6 Å². The highest BCUT2D eigenvalue weighted by atomic mass is 35.5. The summed E-state index contributed by atoms with van der Waals surface area (Å²) in [5.74, 6) is -0.841. The van der Waals surface area contributed by atoms with Crippen molar-refractivity contribution in [1.29, 1.82) is 5.26 Å². The summed E-state index contributed by atoms with van der Waals surface area (Å²) in [6.45, 7) is 7.25. The van der Waals surface area contributed by atoms with E-state index in [-0.39, 0.29) is 29.8 Å². The molecule has 0 saturated carbocycles. The number of aromatic nitrogens is 1. The maximum Gasteiger partial charge on any atom is 0.271 e. The van der Waals surface area contributed by atoms with E-state index >= 15 is 0 Å². The highest BCUT2D eigenvalue weighted by molar-refractivity contribution is 6.31. The van der Waals surface area contributed by atoms with Gasteiger partial charge in [-0.1, -0.05) is 38.4 Å². The summed E-state index contributed by atoms with van der Waals surface area (Å²) in [5, 5.41) is 25.4. The highest BCUT2D eigenvalue weighted by Crippen LogP contribution is 2.35. The molecule has 2 amide bonds. The van der Waals surface area contributed by atoms with Gasteiger partial charge >= 0.3 is 0 Å². The molecule has 0 spiro atoms. The Morgan fingerprint density at radius 3 is 2.50 bits per heavy atom. The maximum absolute atomic E-state index is 12.4. The molecule has 1 aromatic heterocycles. The average Bonchev–Trinajstić information content (AvgIpc) is 2.68. The number of nitrogens with zero attached hydrogens (tertiary/aromatic N) is 2. The van der Waals surface area contributed by atoms with Gasteiger partial charge in [0.15, 0.2) is 0 Å². The molecule has 1 unspecified atom stereocenters. The number of benzene rings is 1. The molecule has 2 rings (SSSR count). The molecule has 0 bridgehead atoms. The quantitative estimate of drug-likeness (QED) is 0.653. The van der Waals surface area contributed by atoms with E-state index in [0.717, 1.165) is 0 Å². The topological polar surface area (TPSA) is 115 Å². The van der Waals surface area contributed by atoms with Crippen molar-refractivity contribution in [2.75, 3.05) is 6.54 Å². The van der Waals surface area contributed by atoms with E-state index in [1.807, 2.05) is 26.8 Å². The first kappa shape index (κ1) is 23.2. The van der Waals surface area contributed by atoms with Crippen molar-refractivity contribution in [3.63, 3.8) is 0 Å². The van der Waals surface area contributed by atoms with E-state index < -0.39 is 17.4 Å². The standard InChI is InChI=1S/C22H25ClN4O3/c1-21(2,3)15-11-16(23)14(9-18(15)28)10-19(29)26-13-22(4,12-24)27-20(30)17-7-5-6-8-25-17/h5-9,11,28H,10,13H2,1-4H3,(H,26,29)(H,27,30). The predicted octanol–water partition coefficient (Wildman–Crippen LogP) is 3.11. The van der Waals surface area contributed by atoms with Crippen LogP contribution in [0.3, 0.4) is 0 Å². The lowest BCUT2D eigenvalue weighted by atomic mass is 9.85. The molecule has 158 valence electrons. The van der Waals surface area contributed by atoms with E-state index in [0.29, 0.717) is 16.1 Å². The fourth-order valence-electron chi connectivity index (χ4n) is 2.78. The molecule has 1 atom stereocenters. The minimum Gasteiger partial charge on any atom is -0.508 e. The van der Waals surface area contributed by atoms with E-state index in [9.17, 15) is 20.0 Å². The van der Waals surface area contributed by atoms with Crippen molar-refractivity contribution in [3.05, 3.63) is 58.4 Å². The second-order valence-corrected chi connectivity index (χ2v) is 8.68. The van der Waals surface area contributed by atoms with E-state index in [2.05, 4.69) is 15.6 Å². The Hall–Kier alpha value is -3.11. The number of nitrogens with one attached hydrogen (secondary N) is 2. The molecule has 0 aliphatic rings. The molecule has 7 nitrogen and oxygen atoms in total. The van der Waals surface area contributed by atoms with Crippen LogP contribution in [0.5, 0.6) is 5.75 Å². The molecule has 1 aromatic carbocycles. The molecular formula is C22H25ClN4O3. The minimum atomic E-state index is -1.33. The molecule has 8 heteroatoms. The first-order valence-electron chi connectivity index (χ1n) is 9.38. The lowest BCUT2D eigenvalue weighted by Crippen LogP contribution is -2.53. The number of phenolic OH excluding ortho intramolecular Hbond substituents is 1. The van der Waals surface area contributed by atoms with Gasteiger partial charge in [-0.15, -0.1) is 0 Å². The molecule has 3 N–H and O–H groups in total. The van der Waals surface area contributed by atoms with Crippen LogP contribution < -0.4 is 10.6 Å². The summed E-state index contributed by atoms with van der Waals surface area (Å²) >= 11 is 6.30. The summed E-state index contributed by atoms with van der Waals surface area (Å²) < 4.78 is 0. The number of nitriles is 1. The number of amides is 2. The van der Waals surface area contributed by atoms with Crippen LogP contribution in [0.1, 0.15) is 49.3 Å². The lowest BCUT2D eigenvalue weighted by Gasteiger charge is -2.24. The highest BCUT2D eigenvalue weighted by Gasteiger charge is 2.28. The molecule has 0 fully saturated rings. The summed E-state index contributed by atoms with van der Waals surface area (Å²) in [4.78, 5) is 28.6. The van der Waals surface area contributed by atoms with Crippen LogP contribution in [0.2, 0.25) is 5.02 Å². The van der Waals surface area contributed by atoms with Crippen LogP contribution in [-0.4, -0.2) is 34.0 Å². The largest absolute Gasteiger partial charge is 0.508 e. The number of carbonyl (C=O) groups is 2. The van der Waals surface area contributed by atoms with Gasteiger partial charge in [0.1, 0.15) is 17.0 Å². The van der Waals surface area contributed by atoms with Gasteiger partial charge in [0.05, 0.1) is 19.0 Å². The molecular weight excluding hydrogens is 404 g/mol. The molecule has 30 heavy (non-hydrogen) atoms. The first-order chi connectivity index (χ1) is 13.9. The van der Waals surface area contributed by atoms with Gasteiger partial charge in [-0.25, -0.2) is 0 Å².